The van der Waals surface area contributed by atoms with Crippen LogP contribution >= 0.6 is 0 Å². The molecule has 2 amide bonds. The van der Waals surface area contributed by atoms with E-state index in [1.165, 1.54) is 0 Å². The van der Waals surface area contributed by atoms with Crippen molar-refractivity contribution in [2.75, 3.05) is 0 Å². The van der Waals surface area contributed by atoms with Crippen LogP contribution in [0.2, 0.25) is 0 Å². The first-order valence-electron chi connectivity index (χ1n) is 6.90. The molecule has 1 unspecified atom stereocenters. The van der Waals surface area contributed by atoms with Crippen molar-refractivity contribution in [3.8, 4) is 0 Å². The molecule has 1 aromatic rings. The minimum absolute atomic E-state index is 0.235. The Bertz CT molecular complexity index is 483. The third-order valence-electron chi connectivity index (χ3n) is 2.62. The van der Waals surface area contributed by atoms with Gasteiger partial charge in [-0.1, -0.05) is 6.07 Å². The van der Waals surface area contributed by atoms with E-state index in [4.69, 9.17) is 4.74 Å². The standard InChI is InChI=1S/C15H23N3O3/c1-10(12-8-6-7-9-16-12)17-13(19)11(2)18-14(20)21-15(3,4)5/h6-11H,1-5H3,(H,17,19)(H,18,20)/t10?,11-/m1/s1. The van der Waals surface area contributed by atoms with E-state index in [2.05, 4.69) is 15.6 Å². The normalized spacial score (nSPS) is 14.0. The van der Waals surface area contributed by atoms with Gasteiger partial charge in [0.15, 0.2) is 0 Å². The molecule has 0 spiro atoms. The molecule has 0 bridgehead atoms. The van der Waals surface area contributed by atoms with Crippen LogP contribution in [0.1, 0.15) is 46.4 Å². The molecule has 2 N–H and O–H groups in total. The summed E-state index contributed by atoms with van der Waals surface area (Å²) in [6, 6.07) is 4.57. The van der Waals surface area contributed by atoms with Crippen molar-refractivity contribution >= 4 is 12.0 Å². The average Bonchev–Trinajstić information content (AvgIpc) is 2.37. The molecule has 2 atom stereocenters. The van der Waals surface area contributed by atoms with E-state index in [9.17, 15) is 9.59 Å². The van der Waals surface area contributed by atoms with E-state index in [1.54, 1.807) is 33.9 Å². The number of amides is 2. The van der Waals surface area contributed by atoms with E-state index >= 15 is 0 Å². The SMILES string of the molecule is CC(NC(=O)[C@@H](C)NC(=O)OC(C)(C)C)c1ccccn1. The van der Waals surface area contributed by atoms with Gasteiger partial charge in [-0.2, -0.15) is 0 Å². The molecule has 0 aliphatic heterocycles. The van der Waals surface area contributed by atoms with Gasteiger partial charge in [-0.3, -0.25) is 9.78 Å². The van der Waals surface area contributed by atoms with Gasteiger partial charge in [0, 0.05) is 6.20 Å². The van der Waals surface area contributed by atoms with Crippen LogP contribution in [-0.4, -0.2) is 28.6 Å². The van der Waals surface area contributed by atoms with Crippen LogP contribution in [0.4, 0.5) is 4.79 Å². The molecule has 21 heavy (non-hydrogen) atoms. The lowest BCUT2D eigenvalue weighted by molar-refractivity contribution is -0.123. The largest absolute Gasteiger partial charge is 0.444 e. The average molecular weight is 293 g/mol. The van der Waals surface area contributed by atoms with Gasteiger partial charge in [-0.05, 0) is 46.8 Å². The summed E-state index contributed by atoms with van der Waals surface area (Å²) in [6.07, 6.45) is 1.05. The molecule has 0 saturated heterocycles. The molecular weight excluding hydrogens is 270 g/mol. The van der Waals surface area contributed by atoms with E-state index in [0.29, 0.717) is 0 Å². The monoisotopic (exact) mass is 293 g/mol. The lowest BCUT2D eigenvalue weighted by Crippen LogP contribution is -2.47. The predicted molar refractivity (Wildman–Crippen MR) is 79.6 cm³/mol. The van der Waals surface area contributed by atoms with Gasteiger partial charge in [-0.25, -0.2) is 4.79 Å². The number of nitrogens with zero attached hydrogens (tertiary/aromatic N) is 1. The highest BCUT2D eigenvalue weighted by Crippen LogP contribution is 2.09. The molecule has 0 aliphatic rings. The molecule has 0 saturated carbocycles. The summed E-state index contributed by atoms with van der Waals surface area (Å²) in [5.41, 5.74) is 0.164. The van der Waals surface area contributed by atoms with Gasteiger partial charge >= 0.3 is 6.09 Å². The first-order chi connectivity index (χ1) is 9.69. The molecule has 0 aromatic carbocycles. The Morgan fingerprint density at radius 2 is 1.86 bits per heavy atom. The molecule has 6 heteroatoms. The summed E-state index contributed by atoms with van der Waals surface area (Å²) < 4.78 is 5.11. The summed E-state index contributed by atoms with van der Waals surface area (Å²) in [5, 5.41) is 5.29. The van der Waals surface area contributed by atoms with Crippen LogP contribution < -0.4 is 10.6 Å². The molecule has 1 rings (SSSR count). The Morgan fingerprint density at radius 3 is 2.38 bits per heavy atom. The van der Waals surface area contributed by atoms with Gasteiger partial charge in [0.05, 0.1) is 11.7 Å². The molecule has 1 aromatic heterocycles. The Balaban J connectivity index is 2.50. The second kappa shape index (κ2) is 7.06. The number of carbonyl (C=O) groups is 2. The Hall–Kier alpha value is -2.11. The number of alkyl carbamates (subject to hydrolysis) is 1. The minimum atomic E-state index is -0.689. The lowest BCUT2D eigenvalue weighted by atomic mass is 10.2. The summed E-state index contributed by atoms with van der Waals surface area (Å²) in [7, 11) is 0. The molecule has 6 nitrogen and oxygen atoms in total. The zero-order valence-electron chi connectivity index (χ0n) is 13.1. The fourth-order valence-corrected chi connectivity index (χ4v) is 1.59. The van der Waals surface area contributed by atoms with E-state index in [0.717, 1.165) is 5.69 Å². The Labute approximate surface area is 125 Å². The number of hydrogen-bond donors (Lipinski definition) is 2. The van der Waals surface area contributed by atoms with Crippen LogP contribution in [0, 0.1) is 0 Å². The summed E-state index contributed by atoms with van der Waals surface area (Å²) in [5.74, 6) is -0.293. The van der Waals surface area contributed by atoms with Crippen LogP contribution in [0.25, 0.3) is 0 Å². The highest BCUT2D eigenvalue weighted by atomic mass is 16.6. The molecule has 116 valence electrons. The summed E-state index contributed by atoms with van der Waals surface area (Å²) in [4.78, 5) is 27.8. The highest BCUT2D eigenvalue weighted by Gasteiger charge is 2.22. The highest BCUT2D eigenvalue weighted by molar-refractivity contribution is 5.85. The van der Waals surface area contributed by atoms with E-state index in [-0.39, 0.29) is 11.9 Å². The van der Waals surface area contributed by atoms with Gasteiger partial charge < -0.3 is 15.4 Å². The van der Waals surface area contributed by atoms with Crippen molar-refractivity contribution < 1.29 is 14.3 Å². The predicted octanol–water partition coefficient (Wildman–Crippen LogP) is 2.17. The molecule has 1 heterocycles. The fraction of sp³-hybridized carbons (Fsp3) is 0.533. The zero-order chi connectivity index (χ0) is 16.0. The van der Waals surface area contributed by atoms with Gasteiger partial charge in [0.2, 0.25) is 5.91 Å². The number of ether oxygens (including phenoxy) is 1. The van der Waals surface area contributed by atoms with Crippen LogP contribution in [0.15, 0.2) is 24.4 Å². The van der Waals surface area contributed by atoms with Crippen molar-refractivity contribution in [2.45, 2.75) is 52.3 Å². The number of aromatic nitrogens is 1. The topological polar surface area (TPSA) is 80.3 Å². The quantitative estimate of drug-likeness (QED) is 0.891. The second-order valence-corrected chi connectivity index (χ2v) is 5.85. The third-order valence-corrected chi connectivity index (χ3v) is 2.62. The van der Waals surface area contributed by atoms with Crippen molar-refractivity contribution in [3.63, 3.8) is 0 Å². The van der Waals surface area contributed by atoms with Crippen molar-refractivity contribution in [1.29, 1.82) is 0 Å². The lowest BCUT2D eigenvalue weighted by Gasteiger charge is -2.22. The maximum absolute atomic E-state index is 12.0. The number of nitrogens with one attached hydrogen (secondary N) is 2. The van der Waals surface area contributed by atoms with Crippen molar-refractivity contribution in [3.05, 3.63) is 30.1 Å². The van der Waals surface area contributed by atoms with Crippen LogP contribution in [0.3, 0.4) is 0 Å². The second-order valence-electron chi connectivity index (χ2n) is 5.85. The van der Waals surface area contributed by atoms with Crippen LogP contribution in [0.5, 0.6) is 0 Å². The smallest absolute Gasteiger partial charge is 0.408 e. The van der Waals surface area contributed by atoms with Crippen molar-refractivity contribution in [1.82, 2.24) is 15.6 Å². The van der Waals surface area contributed by atoms with E-state index < -0.39 is 17.7 Å². The fourth-order valence-electron chi connectivity index (χ4n) is 1.59. The third kappa shape index (κ3) is 6.25. The number of rotatable bonds is 4. The maximum Gasteiger partial charge on any atom is 0.408 e. The summed E-state index contributed by atoms with van der Waals surface area (Å²) in [6.45, 7) is 8.73. The van der Waals surface area contributed by atoms with Crippen LogP contribution in [-0.2, 0) is 9.53 Å². The molecular formula is C15H23N3O3. The molecule has 0 aliphatic carbocycles. The maximum atomic E-state index is 12.0. The Kier molecular flexibility index (Phi) is 5.69. The minimum Gasteiger partial charge on any atom is -0.444 e. The Morgan fingerprint density at radius 1 is 1.19 bits per heavy atom. The van der Waals surface area contributed by atoms with E-state index in [1.807, 2.05) is 25.1 Å². The zero-order valence-corrected chi connectivity index (χ0v) is 13.1. The van der Waals surface area contributed by atoms with Gasteiger partial charge in [0.25, 0.3) is 0 Å². The summed E-state index contributed by atoms with van der Waals surface area (Å²) >= 11 is 0. The van der Waals surface area contributed by atoms with Gasteiger partial charge in [0.1, 0.15) is 11.6 Å². The molecule has 0 fully saturated rings. The number of hydrogen-bond acceptors (Lipinski definition) is 4. The first kappa shape index (κ1) is 16.9. The number of pyridine rings is 1. The van der Waals surface area contributed by atoms with Gasteiger partial charge in [-0.15, -0.1) is 0 Å². The molecule has 0 radical (unpaired) electrons. The van der Waals surface area contributed by atoms with Crippen molar-refractivity contribution in [2.24, 2.45) is 0 Å². The number of carbonyl (C=O) groups excluding carboxylic acids is 2. The first-order valence-corrected chi connectivity index (χ1v) is 6.90.